The van der Waals surface area contributed by atoms with Crippen molar-refractivity contribution in [2.75, 3.05) is 5.88 Å². The van der Waals surface area contributed by atoms with Gasteiger partial charge in [-0.15, -0.1) is 11.6 Å². The van der Waals surface area contributed by atoms with Gasteiger partial charge in [0.2, 0.25) is 0 Å². The van der Waals surface area contributed by atoms with Gasteiger partial charge in [-0.05, 0) is 49.8 Å². The van der Waals surface area contributed by atoms with Gasteiger partial charge in [-0.3, -0.25) is 0 Å². The molecule has 2 rings (SSSR count). The van der Waals surface area contributed by atoms with Gasteiger partial charge in [0, 0.05) is 5.88 Å². The highest BCUT2D eigenvalue weighted by Gasteiger charge is 2.37. The molecule has 0 aromatic heterocycles. The highest BCUT2D eigenvalue weighted by molar-refractivity contribution is 6.18. The van der Waals surface area contributed by atoms with Crippen molar-refractivity contribution < 1.29 is 4.74 Å². The zero-order valence-electron chi connectivity index (χ0n) is 9.24. The molecular weight excluding hydrogens is 208 g/mol. The summed E-state index contributed by atoms with van der Waals surface area (Å²) < 4.78 is 5.60. The van der Waals surface area contributed by atoms with E-state index in [1.807, 2.05) is 13.8 Å². The van der Waals surface area contributed by atoms with Gasteiger partial charge in [-0.25, -0.2) is 0 Å². The second-order valence-electron chi connectivity index (χ2n) is 4.49. The minimum atomic E-state index is 0.243. The molecular formula is C13H17ClO. The van der Waals surface area contributed by atoms with Gasteiger partial charge in [-0.1, -0.05) is 12.1 Å². The molecule has 0 amide bonds. The lowest BCUT2D eigenvalue weighted by Gasteiger charge is -2.09. The van der Waals surface area contributed by atoms with Crippen molar-refractivity contribution in [2.45, 2.75) is 32.3 Å². The minimum absolute atomic E-state index is 0.243. The summed E-state index contributed by atoms with van der Waals surface area (Å²) in [4.78, 5) is 0. The van der Waals surface area contributed by atoms with Crippen LogP contribution in [0.4, 0.5) is 0 Å². The number of hydrogen-bond acceptors (Lipinski definition) is 1. The van der Waals surface area contributed by atoms with E-state index in [0.29, 0.717) is 11.8 Å². The standard InChI is InChI=1S/C13H17ClO/c1-9(2)15-12-5-3-10(4-6-12)13-7-11(13)8-14/h3-6,9,11,13H,7-8H2,1-2H3. The van der Waals surface area contributed by atoms with Crippen LogP contribution in [0.1, 0.15) is 31.7 Å². The van der Waals surface area contributed by atoms with E-state index in [4.69, 9.17) is 16.3 Å². The fourth-order valence-electron chi connectivity index (χ4n) is 1.89. The molecule has 1 aliphatic rings. The largest absolute Gasteiger partial charge is 0.491 e. The highest BCUT2D eigenvalue weighted by atomic mass is 35.5. The van der Waals surface area contributed by atoms with E-state index in [2.05, 4.69) is 24.3 Å². The number of hydrogen-bond donors (Lipinski definition) is 0. The van der Waals surface area contributed by atoms with E-state index in [9.17, 15) is 0 Å². The third kappa shape index (κ3) is 2.66. The Labute approximate surface area is 96.4 Å². The van der Waals surface area contributed by atoms with Crippen molar-refractivity contribution in [3.8, 4) is 5.75 Å². The number of ether oxygens (including phenoxy) is 1. The van der Waals surface area contributed by atoms with E-state index in [-0.39, 0.29) is 6.10 Å². The molecule has 1 nitrogen and oxygen atoms in total. The Morgan fingerprint density at radius 2 is 2.00 bits per heavy atom. The van der Waals surface area contributed by atoms with Gasteiger partial charge in [-0.2, -0.15) is 0 Å². The molecule has 0 spiro atoms. The molecule has 1 fully saturated rings. The van der Waals surface area contributed by atoms with Crippen LogP contribution in [-0.2, 0) is 0 Å². The molecule has 1 aromatic carbocycles. The molecule has 2 atom stereocenters. The summed E-state index contributed by atoms with van der Waals surface area (Å²) in [7, 11) is 0. The molecule has 0 bridgehead atoms. The fraction of sp³-hybridized carbons (Fsp3) is 0.538. The molecule has 15 heavy (non-hydrogen) atoms. The third-order valence-corrected chi connectivity index (χ3v) is 3.20. The number of halogens is 1. The van der Waals surface area contributed by atoms with Crippen LogP contribution in [0.3, 0.4) is 0 Å². The predicted octanol–water partition coefficient (Wildman–Crippen LogP) is 3.82. The number of alkyl halides is 1. The van der Waals surface area contributed by atoms with Crippen molar-refractivity contribution in [2.24, 2.45) is 5.92 Å². The van der Waals surface area contributed by atoms with Gasteiger partial charge in [0.25, 0.3) is 0 Å². The van der Waals surface area contributed by atoms with E-state index in [0.717, 1.165) is 11.6 Å². The highest BCUT2D eigenvalue weighted by Crippen LogP contribution is 2.48. The van der Waals surface area contributed by atoms with Crippen LogP contribution in [0.15, 0.2) is 24.3 Å². The summed E-state index contributed by atoms with van der Waals surface area (Å²) in [6.07, 6.45) is 1.49. The first kappa shape index (κ1) is 10.8. The Morgan fingerprint density at radius 3 is 2.47 bits per heavy atom. The maximum Gasteiger partial charge on any atom is 0.119 e. The molecule has 0 saturated heterocycles. The smallest absolute Gasteiger partial charge is 0.119 e. The first-order valence-electron chi connectivity index (χ1n) is 5.53. The summed E-state index contributed by atoms with van der Waals surface area (Å²) in [6.45, 7) is 4.08. The maximum atomic E-state index is 5.82. The minimum Gasteiger partial charge on any atom is -0.491 e. The zero-order valence-corrected chi connectivity index (χ0v) is 10.00. The summed E-state index contributed by atoms with van der Waals surface area (Å²) >= 11 is 5.82. The maximum absolute atomic E-state index is 5.82. The van der Waals surface area contributed by atoms with Crippen LogP contribution >= 0.6 is 11.6 Å². The zero-order chi connectivity index (χ0) is 10.8. The van der Waals surface area contributed by atoms with Gasteiger partial charge >= 0.3 is 0 Å². The SMILES string of the molecule is CC(C)Oc1ccc(C2CC2CCl)cc1. The van der Waals surface area contributed by atoms with E-state index in [1.54, 1.807) is 0 Å². The topological polar surface area (TPSA) is 9.23 Å². The molecule has 2 unspecified atom stereocenters. The molecule has 0 radical (unpaired) electrons. The second kappa shape index (κ2) is 4.44. The summed E-state index contributed by atoms with van der Waals surface area (Å²) in [5.74, 6) is 3.13. The monoisotopic (exact) mass is 224 g/mol. The van der Waals surface area contributed by atoms with Crippen molar-refractivity contribution >= 4 is 11.6 Å². The molecule has 0 N–H and O–H groups in total. The molecule has 0 heterocycles. The summed E-state index contributed by atoms with van der Waals surface area (Å²) in [6, 6.07) is 8.43. The first-order valence-corrected chi connectivity index (χ1v) is 6.06. The van der Waals surface area contributed by atoms with Crippen LogP contribution in [0.25, 0.3) is 0 Å². The van der Waals surface area contributed by atoms with E-state index < -0.39 is 0 Å². The van der Waals surface area contributed by atoms with Gasteiger partial charge in [0.05, 0.1) is 6.10 Å². The molecule has 0 aliphatic heterocycles. The molecule has 82 valence electrons. The molecule has 2 heteroatoms. The van der Waals surface area contributed by atoms with Crippen LogP contribution in [-0.4, -0.2) is 12.0 Å². The van der Waals surface area contributed by atoms with Crippen molar-refractivity contribution in [3.05, 3.63) is 29.8 Å². The van der Waals surface area contributed by atoms with E-state index in [1.165, 1.54) is 12.0 Å². The number of rotatable bonds is 4. The Bertz CT molecular complexity index is 318. The Balaban J connectivity index is 1.99. The van der Waals surface area contributed by atoms with Gasteiger partial charge in [0.1, 0.15) is 5.75 Å². The Kier molecular flexibility index (Phi) is 3.20. The normalized spacial score (nSPS) is 24.3. The van der Waals surface area contributed by atoms with Crippen LogP contribution < -0.4 is 4.74 Å². The van der Waals surface area contributed by atoms with Gasteiger partial charge in [0.15, 0.2) is 0 Å². The van der Waals surface area contributed by atoms with Crippen LogP contribution in [0.5, 0.6) is 5.75 Å². The Morgan fingerprint density at radius 1 is 1.33 bits per heavy atom. The molecule has 1 saturated carbocycles. The molecule has 1 aromatic rings. The third-order valence-electron chi connectivity index (χ3n) is 2.80. The number of benzene rings is 1. The average molecular weight is 225 g/mol. The van der Waals surface area contributed by atoms with Crippen LogP contribution in [0.2, 0.25) is 0 Å². The summed E-state index contributed by atoms with van der Waals surface area (Å²) in [5, 5.41) is 0. The van der Waals surface area contributed by atoms with Crippen molar-refractivity contribution in [3.63, 3.8) is 0 Å². The van der Waals surface area contributed by atoms with E-state index >= 15 is 0 Å². The van der Waals surface area contributed by atoms with Crippen LogP contribution in [0, 0.1) is 5.92 Å². The second-order valence-corrected chi connectivity index (χ2v) is 4.80. The van der Waals surface area contributed by atoms with Crippen molar-refractivity contribution in [1.82, 2.24) is 0 Å². The lowest BCUT2D eigenvalue weighted by atomic mass is 10.1. The lowest BCUT2D eigenvalue weighted by Crippen LogP contribution is -2.05. The lowest BCUT2D eigenvalue weighted by molar-refractivity contribution is 0.242. The van der Waals surface area contributed by atoms with Gasteiger partial charge < -0.3 is 4.74 Å². The van der Waals surface area contributed by atoms with Crippen molar-refractivity contribution in [1.29, 1.82) is 0 Å². The molecule has 1 aliphatic carbocycles. The fourth-order valence-corrected chi connectivity index (χ4v) is 2.23. The summed E-state index contributed by atoms with van der Waals surface area (Å²) in [5.41, 5.74) is 1.40. The Hall–Kier alpha value is -0.690. The quantitative estimate of drug-likeness (QED) is 0.707. The first-order chi connectivity index (χ1) is 7.20. The predicted molar refractivity (Wildman–Crippen MR) is 63.8 cm³/mol. The average Bonchev–Trinajstić information content (AvgIpc) is 2.97.